The van der Waals surface area contributed by atoms with Crippen LogP contribution in [0.2, 0.25) is 0 Å². The average molecular weight is 383 g/mol. The fraction of sp³-hybridized carbons (Fsp3) is 0.435. The van der Waals surface area contributed by atoms with E-state index in [2.05, 4.69) is 12.1 Å². The molecule has 1 aliphatic heterocycles. The van der Waals surface area contributed by atoms with E-state index in [4.69, 9.17) is 14.2 Å². The van der Waals surface area contributed by atoms with Crippen molar-refractivity contribution in [3.8, 4) is 11.5 Å². The molecule has 0 aliphatic carbocycles. The Hall–Kier alpha value is -2.53. The average Bonchev–Trinajstić information content (AvgIpc) is 2.74. The Kier molecular flexibility index (Phi) is 7.73. The first-order valence-corrected chi connectivity index (χ1v) is 9.99. The summed E-state index contributed by atoms with van der Waals surface area (Å²) in [6.45, 7) is 5.59. The number of ether oxygens (including phenoxy) is 3. The number of likely N-dealkylation sites (tertiary alicyclic amines) is 1. The summed E-state index contributed by atoms with van der Waals surface area (Å²) in [7, 11) is 0. The van der Waals surface area contributed by atoms with Gasteiger partial charge in [-0.2, -0.15) is 0 Å². The molecule has 3 rings (SSSR count). The lowest BCUT2D eigenvalue weighted by Gasteiger charge is -2.31. The molecular formula is C23H29NO4. The predicted octanol–water partition coefficient (Wildman–Crippen LogP) is 3.92. The maximum Gasteiger partial charge on any atom is 0.260 e. The molecule has 28 heavy (non-hydrogen) atoms. The van der Waals surface area contributed by atoms with E-state index in [1.165, 1.54) is 5.56 Å². The molecule has 1 fully saturated rings. The summed E-state index contributed by atoms with van der Waals surface area (Å²) in [6, 6.07) is 17.6. The molecule has 0 spiro atoms. The second-order valence-electron chi connectivity index (χ2n) is 7.02. The molecular weight excluding hydrogens is 354 g/mol. The van der Waals surface area contributed by atoms with Gasteiger partial charge in [-0.25, -0.2) is 0 Å². The predicted molar refractivity (Wildman–Crippen MR) is 109 cm³/mol. The van der Waals surface area contributed by atoms with Gasteiger partial charge in [0, 0.05) is 19.7 Å². The molecule has 150 valence electrons. The highest BCUT2D eigenvalue weighted by molar-refractivity contribution is 5.77. The summed E-state index contributed by atoms with van der Waals surface area (Å²) < 4.78 is 16.9. The van der Waals surface area contributed by atoms with Crippen molar-refractivity contribution in [2.45, 2.75) is 26.4 Å². The van der Waals surface area contributed by atoms with Crippen LogP contribution in [0.3, 0.4) is 0 Å². The van der Waals surface area contributed by atoms with Crippen LogP contribution in [-0.4, -0.2) is 43.7 Å². The maximum absolute atomic E-state index is 12.4. The minimum atomic E-state index is 0.0394. The van der Waals surface area contributed by atoms with Crippen molar-refractivity contribution in [2.75, 3.05) is 32.9 Å². The third-order valence-corrected chi connectivity index (χ3v) is 4.93. The van der Waals surface area contributed by atoms with Crippen LogP contribution < -0.4 is 9.47 Å². The largest absolute Gasteiger partial charge is 0.494 e. The van der Waals surface area contributed by atoms with E-state index < -0.39 is 0 Å². The van der Waals surface area contributed by atoms with Crippen molar-refractivity contribution >= 4 is 5.91 Å². The highest BCUT2D eigenvalue weighted by Crippen LogP contribution is 2.20. The van der Waals surface area contributed by atoms with Crippen LogP contribution >= 0.6 is 0 Å². The van der Waals surface area contributed by atoms with Gasteiger partial charge in [-0.05, 0) is 55.5 Å². The van der Waals surface area contributed by atoms with Gasteiger partial charge < -0.3 is 19.1 Å². The summed E-state index contributed by atoms with van der Waals surface area (Å²) in [5.74, 6) is 2.04. The summed E-state index contributed by atoms with van der Waals surface area (Å²) in [5, 5.41) is 0. The SMILES string of the molecule is CCOc1ccc(OCC(=O)N2CCC(COCc3ccccc3)CC2)cc1. The molecule has 0 radical (unpaired) electrons. The topological polar surface area (TPSA) is 48.0 Å². The maximum atomic E-state index is 12.4. The number of carbonyl (C=O) groups is 1. The lowest BCUT2D eigenvalue weighted by Crippen LogP contribution is -2.41. The third kappa shape index (κ3) is 6.27. The number of nitrogens with zero attached hydrogens (tertiary/aromatic N) is 1. The Morgan fingerprint density at radius 1 is 0.964 bits per heavy atom. The molecule has 5 heteroatoms. The van der Waals surface area contributed by atoms with Crippen LogP contribution in [0.15, 0.2) is 54.6 Å². The molecule has 0 unspecified atom stereocenters. The normalized spacial score (nSPS) is 14.7. The first-order chi connectivity index (χ1) is 13.7. The fourth-order valence-corrected chi connectivity index (χ4v) is 3.30. The Labute approximate surface area is 167 Å². The van der Waals surface area contributed by atoms with E-state index >= 15 is 0 Å². The van der Waals surface area contributed by atoms with Crippen LogP contribution in [0.4, 0.5) is 0 Å². The molecule has 1 heterocycles. The number of benzene rings is 2. The van der Waals surface area contributed by atoms with E-state index in [0.717, 1.165) is 38.3 Å². The quantitative estimate of drug-likeness (QED) is 0.659. The van der Waals surface area contributed by atoms with Crippen molar-refractivity contribution in [3.63, 3.8) is 0 Å². The zero-order valence-corrected chi connectivity index (χ0v) is 16.5. The third-order valence-electron chi connectivity index (χ3n) is 4.93. The van der Waals surface area contributed by atoms with Crippen molar-refractivity contribution in [3.05, 3.63) is 60.2 Å². The molecule has 2 aromatic rings. The smallest absolute Gasteiger partial charge is 0.260 e. The van der Waals surface area contributed by atoms with Gasteiger partial charge in [0.1, 0.15) is 11.5 Å². The number of amides is 1. The summed E-state index contributed by atoms with van der Waals surface area (Å²) in [6.07, 6.45) is 1.95. The van der Waals surface area contributed by atoms with Gasteiger partial charge in [-0.15, -0.1) is 0 Å². The van der Waals surface area contributed by atoms with E-state index in [1.807, 2.05) is 54.3 Å². The van der Waals surface area contributed by atoms with Crippen LogP contribution in [0, 0.1) is 5.92 Å². The Morgan fingerprint density at radius 3 is 2.25 bits per heavy atom. The molecule has 0 saturated carbocycles. The van der Waals surface area contributed by atoms with Gasteiger partial charge in [0.25, 0.3) is 5.91 Å². The van der Waals surface area contributed by atoms with Gasteiger partial charge in [-0.3, -0.25) is 4.79 Å². The Balaban J connectivity index is 1.33. The van der Waals surface area contributed by atoms with Gasteiger partial charge in [0.15, 0.2) is 6.61 Å². The number of rotatable bonds is 9. The highest BCUT2D eigenvalue weighted by atomic mass is 16.5. The Bertz CT molecular complexity index is 709. The standard InChI is InChI=1S/C23H29NO4/c1-2-27-21-8-10-22(11-9-21)28-18-23(25)24-14-12-20(13-15-24)17-26-16-19-6-4-3-5-7-19/h3-11,20H,2,12-18H2,1H3. The van der Waals surface area contributed by atoms with Crippen molar-refractivity contribution in [2.24, 2.45) is 5.92 Å². The van der Waals surface area contributed by atoms with Crippen molar-refractivity contribution < 1.29 is 19.0 Å². The molecule has 0 aromatic heterocycles. The zero-order chi connectivity index (χ0) is 19.6. The monoisotopic (exact) mass is 383 g/mol. The van der Waals surface area contributed by atoms with Crippen LogP contribution in [0.25, 0.3) is 0 Å². The van der Waals surface area contributed by atoms with E-state index in [9.17, 15) is 4.79 Å². The van der Waals surface area contributed by atoms with Crippen LogP contribution in [-0.2, 0) is 16.1 Å². The number of piperidine rings is 1. The first kappa shape index (κ1) is 20.2. The van der Waals surface area contributed by atoms with E-state index in [1.54, 1.807) is 0 Å². The Morgan fingerprint density at radius 2 is 1.61 bits per heavy atom. The fourth-order valence-electron chi connectivity index (χ4n) is 3.30. The molecule has 5 nitrogen and oxygen atoms in total. The molecule has 0 N–H and O–H groups in total. The van der Waals surface area contributed by atoms with Gasteiger partial charge in [0.05, 0.1) is 13.2 Å². The highest BCUT2D eigenvalue weighted by Gasteiger charge is 2.23. The molecule has 0 atom stereocenters. The molecule has 1 amide bonds. The van der Waals surface area contributed by atoms with E-state index in [0.29, 0.717) is 24.9 Å². The lowest BCUT2D eigenvalue weighted by atomic mass is 9.98. The lowest BCUT2D eigenvalue weighted by molar-refractivity contribution is -0.135. The minimum Gasteiger partial charge on any atom is -0.494 e. The minimum absolute atomic E-state index is 0.0394. The van der Waals surface area contributed by atoms with Crippen molar-refractivity contribution in [1.82, 2.24) is 4.90 Å². The molecule has 0 bridgehead atoms. The molecule has 2 aromatic carbocycles. The summed E-state index contributed by atoms with van der Waals surface area (Å²) >= 11 is 0. The van der Waals surface area contributed by atoms with Gasteiger partial charge in [0.2, 0.25) is 0 Å². The van der Waals surface area contributed by atoms with Gasteiger partial charge >= 0.3 is 0 Å². The molecule has 1 aliphatic rings. The number of carbonyl (C=O) groups excluding carboxylic acids is 1. The first-order valence-electron chi connectivity index (χ1n) is 9.99. The molecule has 1 saturated heterocycles. The van der Waals surface area contributed by atoms with Gasteiger partial charge in [-0.1, -0.05) is 30.3 Å². The second-order valence-corrected chi connectivity index (χ2v) is 7.02. The zero-order valence-electron chi connectivity index (χ0n) is 16.5. The van der Waals surface area contributed by atoms with Crippen molar-refractivity contribution in [1.29, 1.82) is 0 Å². The summed E-state index contributed by atoms with van der Waals surface area (Å²) in [5.41, 5.74) is 1.20. The van der Waals surface area contributed by atoms with E-state index in [-0.39, 0.29) is 12.5 Å². The van der Waals surface area contributed by atoms with Crippen LogP contribution in [0.5, 0.6) is 11.5 Å². The number of hydrogen-bond acceptors (Lipinski definition) is 4. The summed E-state index contributed by atoms with van der Waals surface area (Å²) in [4.78, 5) is 14.3. The second kappa shape index (κ2) is 10.7. The van der Waals surface area contributed by atoms with Crippen LogP contribution in [0.1, 0.15) is 25.3 Å². The number of hydrogen-bond donors (Lipinski definition) is 0.